The van der Waals surface area contributed by atoms with Crippen LogP contribution >= 0.6 is 0 Å². The second-order valence-electron chi connectivity index (χ2n) is 6.60. The molecule has 0 radical (unpaired) electrons. The van der Waals surface area contributed by atoms with Crippen molar-refractivity contribution < 1.29 is 9.26 Å². The van der Waals surface area contributed by atoms with Crippen LogP contribution < -0.4 is 0 Å². The normalized spacial score (nSPS) is 21.8. The van der Waals surface area contributed by atoms with Crippen molar-refractivity contribution in [2.45, 2.75) is 19.4 Å². The summed E-state index contributed by atoms with van der Waals surface area (Å²) in [5.74, 6) is 2.04. The molecule has 24 heavy (non-hydrogen) atoms. The zero-order chi connectivity index (χ0) is 16.5. The third kappa shape index (κ3) is 2.95. The van der Waals surface area contributed by atoms with Gasteiger partial charge in [0.2, 0.25) is 5.89 Å². The minimum absolute atomic E-state index is 0.236. The van der Waals surface area contributed by atoms with Gasteiger partial charge in [-0.25, -0.2) is 0 Å². The molecule has 1 aliphatic heterocycles. The van der Waals surface area contributed by atoms with Gasteiger partial charge < -0.3 is 14.2 Å². The van der Waals surface area contributed by atoms with Crippen molar-refractivity contribution in [3.63, 3.8) is 0 Å². The van der Waals surface area contributed by atoms with Crippen LogP contribution in [0.25, 0.3) is 10.9 Å². The standard InChI is InChI=1S/C18H22N4O2/c1-12-20-18(24-21-12)16-10-22(9-15(16)11-23-2)8-13-3-4-14-5-6-19-17(14)7-13/h3-7,15-16,19H,8-11H2,1-2H3/t15-,16+/m0/s1. The second-order valence-corrected chi connectivity index (χ2v) is 6.60. The quantitative estimate of drug-likeness (QED) is 0.781. The Morgan fingerprint density at radius 2 is 2.25 bits per heavy atom. The zero-order valence-electron chi connectivity index (χ0n) is 14.0. The van der Waals surface area contributed by atoms with Gasteiger partial charge in [0.15, 0.2) is 5.82 Å². The Morgan fingerprint density at radius 3 is 3.04 bits per heavy atom. The first-order chi connectivity index (χ1) is 11.7. The Hall–Kier alpha value is -2.18. The Morgan fingerprint density at radius 1 is 1.33 bits per heavy atom. The SMILES string of the molecule is COC[C@@H]1CN(Cc2ccc3cc[nH]c3c2)C[C@H]1c1nc(C)no1. The maximum atomic E-state index is 5.42. The lowest BCUT2D eigenvalue weighted by Crippen LogP contribution is -2.21. The summed E-state index contributed by atoms with van der Waals surface area (Å²) in [7, 11) is 1.75. The van der Waals surface area contributed by atoms with E-state index in [1.54, 1.807) is 7.11 Å². The molecule has 0 spiro atoms. The van der Waals surface area contributed by atoms with Crippen molar-refractivity contribution in [1.82, 2.24) is 20.0 Å². The molecule has 0 amide bonds. The molecule has 0 aliphatic carbocycles. The van der Waals surface area contributed by atoms with E-state index in [9.17, 15) is 0 Å². The molecule has 6 nitrogen and oxygen atoms in total. The smallest absolute Gasteiger partial charge is 0.231 e. The van der Waals surface area contributed by atoms with E-state index in [1.807, 2.05) is 13.1 Å². The molecule has 1 fully saturated rings. The Kier molecular flexibility index (Phi) is 4.08. The summed E-state index contributed by atoms with van der Waals surface area (Å²) in [5.41, 5.74) is 2.49. The van der Waals surface area contributed by atoms with Gasteiger partial charge in [0.1, 0.15) is 0 Å². The number of nitrogens with one attached hydrogen (secondary N) is 1. The summed E-state index contributed by atoms with van der Waals surface area (Å²) in [6.07, 6.45) is 1.98. The number of hydrogen-bond donors (Lipinski definition) is 1. The number of methoxy groups -OCH3 is 1. The van der Waals surface area contributed by atoms with Gasteiger partial charge in [0, 0.05) is 44.4 Å². The second kappa shape index (κ2) is 6.37. The maximum absolute atomic E-state index is 5.42. The van der Waals surface area contributed by atoms with Gasteiger partial charge in [-0.05, 0) is 30.0 Å². The number of nitrogens with zero attached hydrogens (tertiary/aromatic N) is 3. The number of benzene rings is 1. The summed E-state index contributed by atoms with van der Waals surface area (Å²) in [5, 5.41) is 5.19. The molecule has 2 aromatic heterocycles. The molecular weight excluding hydrogens is 304 g/mol. The van der Waals surface area contributed by atoms with Crippen LogP contribution in [0.5, 0.6) is 0 Å². The van der Waals surface area contributed by atoms with E-state index in [-0.39, 0.29) is 5.92 Å². The van der Waals surface area contributed by atoms with Crippen LogP contribution in [-0.2, 0) is 11.3 Å². The Bertz CT molecular complexity index is 825. The number of ether oxygens (including phenoxy) is 1. The number of H-pyrrole nitrogens is 1. The van der Waals surface area contributed by atoms with Gasteiger partial charge in [0.25, 0.3) is 0 Å². The Labute approximate surface area is 140 Å². The molecule has 1 saturated heterocycles. The monoisotopic (exact) mass is 326 g/mol. The molecule has 1 aromatic carbocycles. The van der Waals surface area contributed by atoms with Crippen LogP contribution in [0.15, 0.2) is 35.0 Å². The molecule has 126 valence electrons. The van der Waals surface area contributed by atoms with Crippen molar-refractivity contribution in [3.05, 3.63) is 47.7 Å². The van der Waals surface area contributed by atoms with Gasteiger partial charge in [-0.2, -0.15) is 4.98 Å². The first kappa shape index (κ1) is 15.4. The average Bonchev–Trinajstić information content (AvgIpc) is 3.27. The fraction of sp³-hybridized carbons (Fsp3) is 0.444. The number of fused-ring (bicyclic) bond motifs is 1. The van der Waals surface area contributed by atoms with Gasteiger partial charge >= 0.3 is 0 Å². The van der Waals surface area contributed by atoms with Crippen LogP contribution in [0.2, 0.25) is 0 Å². The van der Waals surface area contributed by atoms with E-state index in [0.717, 1.165) is 25.5 Å². The topological polar surface area (TPSA) is 67.2 Å². The molecular formula is C18H22N4O2. The first-order valence-corrected chi connectivity index (χ1v) is 8.30. The third-order valence-electron chi connectivity index (χ3n) is 4.78. The molecule has 3 aromatic rings. The van der Waals surface area contributed by atoms with Gasteiger partial charge in [-0.1, -0.05) is 17.3 Å². The summed E-state index contributed by atoms with van der Waals surface area (Å²) in [6.45, 7) is 5.37. The van der Waals surface area contributed by atoms with Crippen molar-refractivity contribution >= 4 is 10.9 Å². The van der Waals surface area contributed by atoms with Crippen molar-refractivity contribution in [2.24, 2.45) is 5.92 Å². The highest BCUT2D eigenvalue weighted by molar-refractivity contribution is 5.79. The predicted molar refractivity (Wildman–Crippen MR) is 90.7 cm³/mol. The highest BCUT2D eigenvalue weighted by Gasteiger charge is 2.37. The molecule has 6 heteroatoms. The lowest BCUT2D eigenvalue weighted by atomic mass is 9.97. The lowest BCUT2D eigenvalue weighted by Gasteiger charge is -2.15. The van der Waals surface area contributed by atoms with E-state index in [0.29, 0.717) is 18.3 Å². The highest BCUT2D eigenvalue weighted by atomic mass is 16.5. The predicted octanol–water partition coefficient (Wildman–Crippen LogP) is 2.72. The fourth-order valence-corrected chi connectivity index (χ4v) is 3.67. The van der Waals surface area contributed by atoms with Crippen molar-refractivity contribution in [2.75, 3.05) is 26.8 Å². The van der Waals surface area contributed by atoms with Gasteiger partial charge in [-0.15, -0.1) is 0 Å². The van der Waals surface area contributed by atoms with Crippen molar-refractivity contribution in [3.8, 4) is 0 Å². The summed E-state index contributed by atoms with van der Waals surface area (Å²) < 4.78 is 10.8. The van der Waals surface area contributed by atoms with Crippen LogP contribution in [0.1, 0.15) is 23.2 Å². The van der Waals surface area contributed by atoms with E-state index in [1.165, 1.54) is 16.5 Å². The molecule has 4 rings (SSSR count). The van der Waals surface area contributed by atoms with Crippen molar-refractivity contribution in [1.29, 1.82) is 0 Å². The minimum Gasteiger partial charge on any atom is -0.384 e. The molecule has 3 heterocycles. The van der Waals surface area contributed by atoms with Gasteiger partial charge in [0.05, 0.1) is 12.5 Å². The zero-order valence-corrected chi connectivity index (χ0v) is 14.0. The van der Waals surface area contributed by atoms with Gasteiger partial charge in [-0.3, -0.25) is 4.90 Å². The number of hydrogen-bond acceptors (Lipinski definition) is 5. The van der Waals surface area contributed by atoms with E-state index in [4.69, 9.17) is 9.26 Å². The minimum atomic E-state index is 0.236. The summed E-state index contributed by atoms with van der Waals surface area (Å²) in [4.78, 5) is 10.2. The van der Waals surface area contributed by atoms with E-state index >= 15 is 0 Å². The summed E-state index contributed by atoms with van der Waals surface area (Å²) in [6, 6.07) is 8.69. The van der Waals surface area contributed by atoms with Crippen LogP contribution in [0, 0.1) is 12.8 Å². The molecule has 0 bridgehead atoms. The van der Waals surface area contributed by atoms with Crippen LogP contribution in [0.3, 0.4) is 0 Å². The number of aromatic amines is 1. The Balaban J connectivity index is 1.51. The van der Waals surface area contributed by atoms with E-state index in [2.05, 4.69) is 44.3 Å². The molecule has 0 saturated carbocycles. The van der Waals surface area contributed by atoms with Crippen LogP contribution in [-0.4, -0.2) is 46.8 Å². The molecule has 1 aliphatic rings. The van der Waals surface area contributed by atoms with E-state index < -0.39 is 0 Å². The largest absolute Gasteiger partial charge is 0.384 e. The molecule has 2 atom stereocenters. The fourth-order valence-electron chi connectivity index (χ4n) is 3.67. The lowest BCUT2D eigenvalue weighted by molar-refractivity contribution is 0.142. The maximum Gasteiger partial charge on any atom is 0.231 e. The molecule has 1 N–H and O–H groups in total. The number of aromatic nitrogens is 3. The molecule has 0 unspecified atom stereocenters. The number of likely N-dealkylation sites (tertiary alicyclic amines) is 1. The highest BCUT2D eigenvalue weighted by Crippen LogP contribution is 2.33. The van der Waals surface area contributed by atoms with Crippen LogP contribution in [0.4, 0.5) is 0 Å². The third-order valence-corrected chi connectivity index (χ3v) is 4.78. The number of aryl methyl sites for hydroxylation is 1. The average molecular weight is 326 g/mol. The summed E-state index contributed by atoms with van der Waals surface area (Å²) >= 11 is 0. The number of rotatable bonds is 5. The first-order valence-electron chi connectivity index (χ1n) is 8.30.